The number of halogens is 3. The fourth-order valence-corrected chi connectivity index (χ4v) is 4.02. The summed E-state index contributed by atoms with van der Waals surface area (Å²) in [4.78, 5) is 30.8. The van der Waals surface area contributed by atoms with E-state index in [1.165, 1.54) is 41.2 Å². The Morgan fingerprint density at radius 3 is 2.57 bits per heavy atom. The van der Waals surface area contributed by atoms with Crippen LogP contribution in [0.2, 0.25) is 10.0 Å². The first kappa shape index (κ1) is 20.3. The van der Waals surface area contributed by atoms with E-state index < -0.39 is 17.1 Å². The highest BCUT2D eigenvalue weighted by molar-refractivity contribution is 6.31. The molecular weight excluding hydrogens is 430 g/mol. The fourth-order valence-electron chi connectivity index (χ4n) is 3.67. The van der Waals surface area contributed by atoms with E-state index in [9.17, 15) is 19.2 Å². The smallest absolute Gasteiger partial charge is 0.283 e. The van der Waals surface area contributed by atoms with Gasteiger partial charge in [-0.2, -0.15) is 5.26 Å². The second kappa shape index (κ2) is 8.05. The van der Waals surface area contributed by atoms with Crippen LogP contribution in [0.5, 0.6) is 0 Å². The minimum absolute atomic E-state index is 0.0512. The van der Waals surface area contributed by atoms with Crippen LogP contribution in [-0.4, -0.2) is 14.1 Å². The molecule has 0 bridgehead atoms. The van der Waals surface area contributed by atoms with E-state index >= 15 is 0 Å². The highest BCUT2D eigenvalue weighted by atomic mass is 35.5. The van der Waals surface area contributed by atoms with Crippen molar-refractivity contribution in [3.63, 3.8) is 0 Å². The summed E-state index contributed by atoms with van der Waals surface area (Å²) in [6.45, 7) is -0.235. The normalized spacial score (nSPS) is 13.7. The number of nitriles is 1. The zero-order chi connectivity index (χ0) is 21.4. The minimum Gasteiger partial charge on any atom is -0.283 e. The summed E-state index contributed by atoms with van der Waals surface area (Å²) in [5.41, 5.74) is 0.0120. The predicted molar refractivity (Wildman–Crippen MR) is 112 cm³/mol. The van der Waals surface area contributed by atoms with Crippen LogP contribution in [0.3, 0.4) is 0 Å². The molecule has 30 heavy (non-hydrogen) atoms. The van der Waals surface area contributed by atoms with Gasteiger partial charge in [0.15, 0.2) is 0 Å². The molecule has 152 valence electrons. The van der Waals surface area contributed by atoms with E-state index in [2.05, 4.69) is 4.98 Å². The molecule has 0 atom stereocenters. The second-order valence-electron chi connectivity index (χ2n) is 7.05. The van der Waals surface area contributed by atoms with E-state index in [4.69, 9.17) is 23.2 Å². The van der Waals surface area contributed by atoms with Crippen LogP contribution in [0.1, 0.15) is 30.9 Å². The molecule has 9 heteroatoms. The van der Waals surface area contributed by atoms with Crippen molar-refractivity contribution in [2.75, 3.05) is 0 Å². The molecule has 1 aromatic carbocycles. The lowest BCUT2D eigenvalue weighted by molar-refractivity contribution is 0.393. The number of rotatable bonds is 4. The van der Waals surface area contributed by atoms with Gasteiger partial charge in [0, 0.05) is 17.8 Å². The molecule has 6 nitrogen and oxygen atoms in total. The Kier molecular flexibility index (Phi) is 5.46. The van der Waals surface area contributed by atoms with Gasteiger partial charge in [-0.15, -0.1) is 0 Å². The molecule has 1 aliphatic rings. The first-order valence-corrected chi connectivity index (χ1v) is 10.0. The minimum atomic E-state index is -0.649. The fraction of sp³-hybridized carbons (Fsp3) is 0.238. The van der Waals surface area contributed by atoms with Crippen LogP contribution in [0.25, 0.3) is 16.8 Å². The van der Waals surface area contributed by atoms with Gasteiger partial charge < -0.3 is 0 Å². The second-order valence-corrected chi connectivity index (χ2v) is 7.89. The van der Waals surface area contributed by atoms with Gasteiger partial charge >= 0.3 is 5.69 Å². The van der Waals surface area contributed by atoms with Gasteiger partial charge in [-0.1, -0.05) is 35.7 Å². The Morgan fingerprint density at radius 1 is 1.20 bits per heavy atom. The Morgan fingerprint density at radius 2 is 1.97 bits per heavy atom. The summed E-state index contributed by atoms with van der Waals surface area (Å²) in [5.74, 6) is -0.667. The summed E-state index contributed by atoms with van der Waals surface area (Å²) < 4.78 is 16.0. The van der Waals surface area contributed by atoms with Gasteiger partial charge in [0.2, 0.25) is 0 Å². The maximum Gasteiger partial charge on any atom is 0.336 e. The maximum absolute atomic E-state index is 13.8. The molecule has 0 radical (unpaired) electrons. The van der Waals surface area contributed by atoms with Crippen LogP contribution < -0.4 is 11.2 Å². The van der Waals surface area contributed by atoms with Crippen molar-refractivity contribution < 1.29 is 4.39 Å². The molecular formula is C21H15Cl2FN4O2. The molecule has 0 aliphatic heterocycles. The summed E-state index contributed by atoms with van der Waals surface area (Å²) in [7, 11) is 0. The molecule has 0 unspecified atom stereocenters. The predicted octanol–water partition coefficient (Wildman–Crippen LogP) is 4.30. The lowest BCUT2D eigenvalue weighted by atomic mass is 9.80. The van der Waals surface area contributed by atoms with Gasteiger partial charge in [-0.05, 0) is 36.6 Å². The average molecular weight is 445 g/mol. The standard InChI is InChI=1S/C21H15Cl2FN4O2/c22-14-9-15(11-26-10-14)28-20(29)18(13-4-5-17(24)16(23)8-13)19(12-2-1-3-12)27(7-6-25)21(28)30/h4-5,8-12H,1-3,7H2. The highest BCUT2D eigenvalue weighted by Gasteiger charge is 2.30. The maximum atomic E-state index is 13.8. The van der Waals surface area contributed by atoms with Crippen molar-refractivity contribution >= 4 is 23.2 Å². The van der Waals surface area contributed by atoms with E-state index in [1.54, 1.807) is 0 Å². The Hall–Kier alpha value is -2.95. The first-order valence-electron chi connectivity index (χ1n) is 9.25. The Balaban J connectivity index is 2.13. The summed E-state index contributed by atoms with van der Waals surface area (Å²) in [6.07, 6.45) is 5.25. The molecule has 3 aromatic rings. The summed E-state index contributed by atoms with van der Waals surface area (Å²) in [6, 6.07) is 7.42. The monoisotopic (exact) mass is 444 g/mol. The van der Waals surface area contributed by atoms with Gasteiger partial charge in [0.05, 0.1) is 33.6 Å². The number of hydrogen-bond donors (Lipinski definition) is 0. The average Bonchev–Trinajstić information content (AvgIpc) is 2.66. The van der Waals surface area contributed by atoms with Crippen molar-refractivity contribution in [1.82, 2.24) is 14.1 Å². The number of hydrogen-bond acceptors (Lipinski definition) is 4. The molecule has 1 fully saturated rings. The molecule has 1 aliphatic carbocycles. The molecule has 0 amide bonds. The Bertz CT molecular complexity index is 1310. The lowest BCUT2D eigenvalue weighted by Gasteiger charge is -2.30. The van der Waals surface area contributed by atoms with Gasteiger partial charge in [0.25, 0.3) is 5.56 Å². The van der Waals surface area contributed by atoms with Crippen molar-refractivity contribution in [3.8, 4) is 22.9 Å². The van der Waals surface area contributed by atoms with Crippen molar-refractivity contribution in [2.45, 2.75) is 31.7 Å². The highest BCUT2D eigenvalue weighted by Crippen LogP contribution is 2.40. The SMILES string of the molecule is N#CCn1c(C2CCC2)c(-c2ccc(F)c(Cl)c2)c(=O)n(-c2cncc(Cl)c2)c1=O. The van der Waals surface area contributed by atoms with E-state index in [1.807, 2.05) is 6.07 Å². The van der Waals surface area contributed by atoms with Crippen molar-refractivity contribution in [2.24, 2.45) is 0 Å². The molecule has 2 aromatic heterocycles. The van der Waals surface area contributed by atoms with Crippen LogP contribution in [0.15, 0.2) is 46.2 Å². The zero-order valence-corrected chi connectivity index (χ0v) is 17.1. The van der Waals surface area contributed by atoms with Crippen molar-refractivity contribution in [3.05, 3.63) is 79.1 Å². The van der Waals surface area contributed by atoms with E-state index in [-0.39, 0.29) is 33.8 Å². The number of pyridine rings is 1. The number of aromatic nitrogens is 3. The van der Waals surface area contributed by atoms with E-state index in [0.29, 0.717) is 11.3 Å². The Labute approximate surface area is 180 Å². The number of benzene rings is 1. The van der Waals surface area contributed by atoms with Crippen molar-refractivity contribution in [1.29, 1.82) is 5.26 Å². The molecule has 0 N–H and O–H groups in total. The largest absolute Gasteiger partial charge is 0.336 e. The molecule has 1 saturated carbocycles. The topological polar surface area (TPSA) is 80.7 Å². The van der Waals surface area contributed by atoms with Gasteiger partial charge in [0.1, 0.15) is 12.4 Å². The molecule has 0 spiro atoms. The quantitative estimate of drug-likeness (QED) is 0.600. The molecule has 2 heterocycles. The van der Waals surface area contributed by atoms with E-state index in [0.717, 1.165) is 23.8 Å². The summed E-state index contributed by atoms with van der Waals surface area (Å²) >= 11 is 12.0. The van der Waals surface area contributed by atoms with Crippen LogP contribution >= 0.6 is 23.2 Å². The third kappa shape index (κ3) is 3.42. The third-order valence-electron chi connectivity index (χ3n) is 5.26. The molecule has 4 rings (SSSR count). The zero-order valence-electron chi connectivity index (χ0n) is 15.6. The van der Waals surface area contributed by atoms with Gasteiger partial charge in [-0.3, -0.25) is 14.3 Å². The summed E-state index contributed by atoms with van der Waals surface area (Å²) in [5, 5.41) is 9.47. The van der Waals surface area contributed by atoms with Crippen LogP contribution in [-0.2, 0) is 6.54 Å². The lowest BCUT2D eigenvalue weighted by Crippen LogP contribution is -2.43. The third-order valence-corrected chi connectivity index (χ3v) is 5.76. The molecule has 0 saturated heterocycles. The van der Waals surface area contributed by atoms with Crippen LogP contribution in [0.4, 0.5) is 4.39 Å². The first-order chi connectivity index (χ1) is 14.4. The van der Waals surface area contributed by atoms with Gasteiger partial charge in [-0.25, -0.2) is 13.8 Å². The van der Waals surface area contributed by atoms with Crippen LogP contribution in [0, 0.1) is 17.1 Å². The number of nitrogens with zero attached hydrogens (tertiary/aromatic N) is 4.